The first-order chi connectivity index (χ1) is 8.20. The van der Waals surface area contributed by atoms with E-state index in [0.29, 0.717) is 32.4 Å². The zero-order valence-corrected chi connectivity index (χ0v) is 11.6. The molecule has 0 bridgehead atoms. The molecule has 0 heterocycles. The Bertz CT molecular complexity index is 156. The summed E-state index contributed by atoms with van der Waals surface area (Å²) in [6.07, 6.45) is 2.89. The Morgan fingerprint density at radius 3 is 2.47 bits per heavy atom. The monoisotopic (exact) mass is 247 g/mol. The molecule has 0 rings (SSSR count). The highest BCUT2D eigenvalue weighted by Crippen LogP contribution is 1.91. The van der Waals surface area contributed by atoms with Crippen LogP contribution in [0.2, 0.25) is 0 Å². The molecule has 0 amide bonds. The van der Waals surface area contributed by atoms with Gasteiger partial charge < -0.3 is 19.9 Å². The molecule has 17 heavy (non-hydrogen) atoms. The van der Waals surface area contributed by atoms with Crippen molar-refractivity contribution in [1.29, 1.82) is 0 Å². The Labute approximate surface area is 106 Å². The molecule has 0 aliphatic heterocycles. The first-order valence-corrected chi connectivity index (χ1v) is 6.77. The highest BCUT2D eigenvalue weighted by molar-refractivity contribution is 4.63. The van der Waals surface area contributed by atoms with Gasteiger partial charge in [-0.05, 0) is 19.8 Å². The maximum absolute atomic E-state index is 9.61. The molecule has 2 N–H and O–H groups in total. The van der Waals surface area contributed by atoms with Crippen LogP contribution in [0.25, 0.3) is 0 Å². The molecule has 4 heteroatoms. The van der Waals surface area contributed by atoms with E-state index < -0.39 is 6.10 Å². The van der Waals surface area contributed by atoms with Crippen LogP contribution in [0.3, 0.4) is 0 Å². The van der Waals surface area contributed by atoms with Crippen molar-refractivity contribution in [3.63, 3.8) is 0 Å². The molecule has 0 fully saturated rings. The van der Waals surface area contributed by atoms with E-state index in [9.17, 15) is 5.11 Å². The van der Waals surface area contributed by atoms with Crippen LogP contribution < -0.4 is 5.32 Å². The lowest BCUT2D eigenvalue weighted by Gasteiger charge is -2.15. The minimum Gasteiger partial charge on any atom is -0.389 e. The average Bonchev–Trinajstić information content (AvgIpc) is 2.34. The van der Waals surface area contributed by atoms with Gasteiger partial charge in [0.05, 0.1) is 25.9 Å². The van der Waals surface area contributed by atoms with Crippen LogP contribution in [0.4, 0.5) is 0 Å². The van der Waals surface area contributed by atoms with Gasteiger partial charge in [0.1, 0.15) is 0 Å². The Balaban J connectivity index is 3.19. The van der Waals surface area contributed by atoms with E-state index >= 15 is 0 Å². The molecule has 0 saturated heterocycles. The Morgan fingerprint density at radius 1 is 1.12 bits per heavy atom. The summed E-state index contributed by atoms with van der Waals surface area (Å²) in [5, 5.41) is 12.8. The molecule has 0 saturated carbocycles. The zero-order valence-electron chi connectivity index (χ0n) is 11.6. The van der Waals surface area contributed by atoms with Gasteiger partial charge in [-0.3, -0.25) is 0 Å². The van der Waals surface area contributed by atoms with Gasteiger partial charge in [0.2, 0.25) is 0 Å². The lowest BCUT2D eigenvalue weighted by atomic mass is 10.2. The summed E-state index contributed by atoms with van der Waals surface area (Å²) in [7, 11) is 0. The number of unbranched alkanes of at least 4 members (excludes halogenated alkanes) is 1. The number of rotatable bonds is 12. The second-order valence-electron chi connectivity index (χ2n) is 4.41. The average molecular weight is 247 g/mol. The van der Waals surface area contributed by atoms with Gasteiger partial charge in [0.15, 0.2) is 0 Å². The molecule has 0 aliphatic rings. The molecular weight excluding hydrogens is 218 g/mol. The van der Waals surface area contributed by atoms with Crippen LogP contribution in [-0.4, -0.2) is 50.2 Å². The van der Waals surface area contributed by atoms with Crippen molar-refractivity contribution in [2.45, 2.75) is 52.2 Å². The van der Waals surface area contributed by atoms with E-state index in [1.54, 1.807) is 0 Å². The normalized spacial score (nSPS) is 14.8. The molecule has 0 aromatic carbocycles. The number of aliphatic hydroxyl groups is 1. The SMILES string of the molecule is CCCCOCCOCC(O)CNC(C)CC. The first-order valence-electron chi connectivity index (χ1n) is 6.77. The molecule has 4 nitrogen and oxygen atoms in total. The fourth-order valence-corrected chi connectivity index (χ4v) is 1.23. The fourth-order valence-electron chi connectivity index (χ4n) is 1.23. The zero-order chi connectivity index (χ0) is 12.9. The predicted molar refractivity (Wildman–Crippen MR) is 70.3 cm³/mol. The second-order valence-corrected chi connectivity index (χ2v) is 4.41. The summed E-state index contributed by atoms with van der Waals surface area (Å²) >= 11 is 0. The molecule has 0 aromatic heterocycles. The van der Waals surface area contributed by atoms with Crippen molar-refractivity contribution < 1.29 is 14.6 Å². The predicted octanol–water partition coefficient (Wildman–Crippen LogP) is 1.57. The summed E-state index contributed by atoms with van der Waals surface area (Å²) in [5.41, 5.74) is 0. The number of nitrogens with one attached hydrogen (secondary N) is 1. The van der Waals surface area contributed by atoms with Crippen molar-refractivity contribution in [3.05, 3.63) is 0 Å². The first kappa shape index (κ1) is 16.8. The quantitative estimate of drug-likeness (QED) is 0.514. The maximum atomic E-state index is 9.61. The molecule has 0 aliphatic carbocycles. The van der Waals surface area contributed by atoms with E-state index in [0.717, 1.165) is 25.9 Å². The third-order valence-electron chi connectivity index (χ3n) is 2.64. The van der Waals surface area contributed by atoms with Crippen molar-refractivity contribution in [1.82, 2.24) is 5.32 Å². The van der Waals surface area contributed by atoms with Crippen LogP contribution in [0.1, 0.15) is 40.0 Å². The van der Waals surface area contributed by atoms with Crippen molar-refractivity contribution in [3.8, 4) is 0 Å². The minimum absolute atomic E-state index is 0.376. The number of hydrogen-bond donors (Lipinski definition) is 2. The summed E-state index contributed by atoms with van der Waals surface area (Å²) in [6, 6.07) is 0.446. The lowest BCUT2D eigenvalue weighted by Crippen LogP contribution is -2.35. The Hall–Kier alpha value is -0.160. The Kier molecular flexibility index (Phi) is 12.2. The summed E-state index contributed by atoms with van der Waals surface area (Å²) in [6.45, 7) is 9.31. The van der Waals surface area contributed by atoms with E-state index in [2.05, 4.69) is 26.1 Å². The molecular formula is C13H29NO3. The van der Waals surface area contributed by atoms with Crippen molar-refractivity contribution in [2.75, 3.05) is 33.0 Å². The van der Waals surface area contributed by atoms with Crippen molar-refractivity contribution in [2.24, 2.45) is 0 Å². The molecule has 0 spiro atoms. The number of hydrogen-bond acceptors (Lipinski definition) is 4. The number of ether oxygens (including phenoxy) is 2. The minimum atomic E-state index is -0.431. The highest BCUT2D eigenvalue weighted by atomic mass is 16.5. The molecule has 104 valence electrons. The number of aliphatic hydroxyl groups excluding tert-OH is 1. The second kappa shape index (κ2) is 12.3. The van der Waals surface area contributed by atoms with Crippen LogP contribution in [-0.2, 0) is 9.47 Å². The van der Waals surface area contributed by atoms with Crippen LogP contribution >= 0.6 is 0 Å². The van der Waals surface area contributed by atoms with E-state index in [4.69, 9.17) is 9.47 Å². The molecule has 0 radical (unpaired) electrons. The van der Waals surface area contributed by atoms with Gasteiger partial charge in [-0.15, -0.1) is 0 Å². The maximum Gasteiger partial charge on any atom is 0.0897 e. The van der Waals surface area contributed by atoms with Crippen molar-refractivity contribution >= 4 is 0 Å². The molecule has 2 unspecified atom stereocenters. The molecule has 0 aromatic rings. The van der Waals surface area contributed by atoms with Gasteiger partial charge in [-0.25, -0.2) is 0 Å². The van der Waals surface area contributed by atoms with Gasteiger partial charge >= 0.3 is 0 Å². The van der Waals surface area contributed by atoms with Crippen LogP contribution in [0.15, 0.2) is 0 Å². The lowest BCUT2D eigenvalue weighted by molar-refractivity contribution is 0.00331. The smallest absolute Gasteiger partial charge is 0.0897 e. The standard InChI is InChI=1S/C13H29NO3/c1-4-6-7-16-8-9-17-11-13(15)10-14-12(3)5-2/h12-15H,4-11H2,1-3H3. The van der Waals surface area contributed by atoms with Gasteiger partial charge in [-0.1, -0.05) is 20.3 Å². The third-order valence-corrected chi connectivity index (χ3v) is 2.64. The fraction of sp³-hybridized carbons (Fsp3) is 1.00. The topological polar surface area (TPSA) is 50.7 Å². The summed E-state index contributed by atoms with van der Waals surface area (Å²) < 4.78 is 10.7. The largest absolute Gasteiger partial charge is 0.389 e. The van der Waals surface area contributed by atoms with Crippen LogP contribution in [0.5, 0.6) is 0 Å². The van der Waals surface area contributed by atoms with Gasteiger partial charge in [0.25, 0.3) is 0 Å². The van der Waals surface area contributed by atoms with Crippen LogP contribution in [0, 0.1) is 0 Å². The van der Waals surface area contributed by atoms with E-state index in [1.807, 2.05) is 0 Å². The van der Waals surface area contributed by atoms with Gasteiger partial charge in [0, 0.05) is 19.2 Å². The van der Waals surface area contributed by atoms with E-state index in [-0.39, 0.29) is 0 Å². The summed E-state index contributed by atoms with van der Waals surface area (Å²) in [4.78, 5) is 0. The molecule has 2 atom stereocenters. The van der Waals surface area contributed by atoms with E-state index in [1.165, 1.54) is 0 Å². The summed E-state index contributed by atoms with van der Waals surface area (Å²) in [5.74, 6) is 0. The third kappa shape index (κ3) is 12.1. The highest BCUT2D eigenvalue weighted by Gasteiger charge is 2.05. The Morgan fingerprint density at radius 2 is 1.82 bits per heavy atom. The van der Waals surface area contributed by atoms with Gasteiger partial charge in [-0.2, -0.15) is 0 Å².